The summed E-state index contributed by atoms with van der Waals surface area (Å²) in [6.45, 7) is 0. The lowest BCUT2D eigenvalue weighted by Gasteiger charge is -2.06. The predicted octanol–water partition coefficient (Wildman–Crippen LogP) is 1.90. The first kappa shape index (κ1) is 12.9. The van der Waals surface area contributed by atoms with E-state index < -0.39 is 17.5 Å². The molecule has 0 atom stereocenters. The molecule has 0 radical (unpaired) electrons. The van der Waals surface area contributed by atoms with Gasteiger partial charge in [-0.1, -0.05) is 0 Å². The number of rotatable bonds is 3. The highest BCUT2D eigenvalue weighted by Gasteiger charge is 2.09. The van der Waals surface area contributed by atoms with Crippen LogP contribution in [-0.2, 0) is 0 Å². The molecule has 2 aromatic rings. The highest BCUT2D eigenvalue weighted by atomic mass is 19.2. The Bertz CT molecular complexity index is 618. The largest absolute Gasteiger partial charge is 0.322 e. The summed E-state index contributed by atoms with van der Waals surface area (Å²) in [7, 11) is 0. The molecule has 0 fully saturated rings. The third-order valence-corrected chi connectivity index (χ3v) is 2.35. The van der Waals surface area contributed by atoms with Crippen molar-refractivity contribution in [3.8, 4) is 0 Å². The van der Waals surface area contributed by atoms with Gasteiger partial charge in [-0.3, -0.25) is 4.79 Å². The molecule has 0 saturated carbocycles. The number of nitrogens with zero attached hydrogens (tertiary/aromatic N) is 1. The molecule has 1 heterocycles. The molecule has 1 aromatic carbocycles. The monoisotopic (exact) mass is 264 g/mol. The molecule has 0 aliphatic rings. The van der Waals surface area contributed by atoms with Crippen molar-refractivity contribution in [1.29, 1.82) is 0 Å². The molecule has 4 N–H and O–H groups in total. The minimum atomic E-state index is -1.03. The SMILES string of the molecule is NNc1cc(C(=O)Nc2ccc(F)c(F)c2)ccn1. The Labute approximate surface area is 107 Å². The van der Waals surface area contributed by atoms with Crippen molar-refractivity contribution < 1.29 is 13.6 Å². The maximum absolute atomic E-state index is 13.0. The Kier molecular flexibility index (Phi) is 3.67. The standard InChI is InChI=1S/C12H10F2N4O/c13-9-2-1-8(6-10(9)14)17-12(19)7-3-4-16-11(5-7)18-15/h1-6H,15H2,(H,16,18)(H,17,19). The van der Waals surface area contributed by atoms with Crippen LogP contribution in [0.5, 0.6) is 0 Å². The smallest absolute Gasteiger partial charge is 0.255 e. The van der Waals surface area contributed by atoms with E-state index in [4.69, 9.17) is 5.84 Å². The summed E-state index contributed by atoms with van der Waals surface area (Å²) in [6, 6.07) is 5.99. The van der Waals surface area contributed by atoms with Gasteiger partial charge in [-0.25, -0.2) is 19.6 Å². The number of carbonyl (C=O) groups excluding carboxylic acids is 1. The van der Waals surface area contributed by atoms with Gasteiger partial charge < -0.3 is 10.7 Å². The molecular weight excluding hydrogens is 254 g/mol. The van der Waals surface area contributed by atoms with Gasteiger partial charge in [0.1, 0.15) is 5.82 Å². The average Bonchev–Trinajstić information content (AvgIpc) is 2.43. The summed E-state index contributed by atoms with van der Waals surface area (Å²) >= 11 is 0. The fraction of sp³-hybridized carbons (Fsp3) is 0. The predicted molar refractivity (Wildman–Crippen MR) is 66.4 cm³/mol. The number of hydrazine groups is 1. The van der Waals surface area contributed by atoms with Crippen LogP contribution in [0.4, 0.5) is 20.3 Å². The summed E-state index contributed by atoms with van der Waals surface area (Å²) in [5.41, 5.74) is 2.74. The topological polar surface area (TPSA) is 80.0 Å². The van der Waals surface area contributed by atoms with E-state index in [1.807, 2.05) is 0 Å². The lowest BCUT2D eigenvalue weighted by Crippen LogP contribution is -2.14. The number of nitrogens with one attached hydrogen (secondary N) is 2. The Balaban J connectivity index is 2.18. The van der Waals surface area contributed by atoms with E-state index in [2.05, 4.69) is 15.7 Å². The van der Waals surface area contributed by atoms with Crippen molar-refractivity contribution in [2.45, 2.75) is 0 Å². The molecule has 2 rings (SSSR count). The number of nitrogen functional groups attached to an aromatic ring is 1. The van der Waals surface area contributed by atoms with Crippen LogP contribution in [0.1, 0.15) is 10.4 Å². The zero-order valence-electron chi connectivity index (χ0n) is 9.65. The lowest BCUT2D eigenvalue weighted by molar-refractivity contribution is 0.102. The molecule has 0 aliphatic carbocycles. The van der Waals surface area contributed by atoms with E-state index in [0.29, 0.717) is 5.82 Å². The van der Waals surface area contributed by atoms with Crippen LogP contribution in [0.2, 0.25) is 0 Å². The second kappa shape index (κ2) is 5.40. The maximum atomic E-state index is 13.0. The Hall–Kier alpha value is -2.54. The van der Waals surface area contributed by atoms with Crippen LogP contribution >= 0.6 is 0 Å². The molecule has 0 bridgehead atoms. The normalized spacial score (nSPS) is 10.1. The third kappa shape index (κ3) is 3.02. The fourth-order valence-electron chi connectivity index (χ4n) is 1.43. The van der Waals surface area contributed by atoms with E-state index in [-0.39, 0.29) is 11.3 Å². The number of halogens is 2. The van der Waals surface area contributed by atoms with Crippen molar-refractivity contribution >= 4 is 17.4 Å². The van der Waals surface area contributed by atoms with Gasteiger partial charge in [-0.05, 0) is 24.3 Å². The maximum Gasteiger partial charge on any atom is 0.255 e. The van der Waals surface area contributed by atoms with Crippen molar-refractivity contribution in [2.24, 2.45) is 5.84 Å². The van der Waals surface area contributed by atoms with Gasteiger partial charge >= 0.3 is 0 Å². The number of hydrogen-bond donors (Lipinski definition) is 3. The second-order valence-corrected chi connectivity index (χ2v) is 3.66. The van der Waals surface area contributed by atoms with Crippen LogP contribution in [-0.4, -0.2) is 10.9 Å². The zero-order valence-corrected chi connectivity index (χ0v) is 9.65. The Morgan fingerprint density at radius 3 is 2.63 bits per heavy atom. The minimum absolute atomic E-state index is 0.156. The number of anilines is 2. The highest BCUT2D eigenvalue weighted by Crippen LogP contribution is 2.15. The number of hydrogen-bond acceptors (Lipinski definition) is 4. The van der Waals surface area contributed by atoms with Crippen LogP contribution in [0.25, 0.3) is 0 Å². The summed E-state index contributed by atoms with van der Waals surface area (Å²) < 4.78 is 25.7. The number of carbonyl (C=O) groups is 1. The van der Waals surface area contributed by atoms with Gasteiger partial charge in [0.2, 0.25) is 0 Å². The van der Waals surface area contributed by atoms with Gasteiger partial charge in [-0.15, -0.1) is 0 Å². The molecule has 7 heteroatoms. The summed E-state index contributed by atoms with van der Waals surface area (Å²) in [5.74, 6) is 3.00. The van der Waals surface area contributed by atoms with E-state index in [9.17, 15) is 13.6 Å². The molecular formula is C12H10F2N4O. The molecule has 0 unspecified atom stereocenters. The van der Waals surface area contributed by atoms with Gasteiger partial charge in [0, 0.05) is 23.5 Å². The van der Waals surface area contributed by atoms with E-state index in [1.54, 1.807) is 0 Å². The molecule has 0 saturated heterocycles. The molecule has 1 aromatic heterocycles. The van der Waals surface area contributed by atoms with Crippen LogP contribution in [0.3, 0.4) is 0 Å². The van der Waals surface area contributed by atoms with Gasteiger partial charge in [0.25, 0.3) is 5.91 Å². The van der Waals surface area contributed by atoms with Crippen molar-refractivity contribution in [1.82, 2.24) is 4.98 Å². The lowest BCUT2D eigenvalue weighted by atomic mass is 10.2. The van der Waals surface area contributed by atoms with Crippen molar-refractivity contribution in [2.75, 3.05) is 10.7 Å². The van der Waals surface area contributed by atoms with Gasteiger partial charge in [-0.2, -0.15) is 0 Å². The Morgan fingerprint density at radius 1 is 1.16 bits per heavy atom. The first-order valence-corrected chi connectivity index (χ1v) is 5.29. The number of amides is 1. The van der Waals surface area contributed by atoms with Crippen LogP contribution < -0.4 is 16.6 Å². The van der Waals surface area contributed by atoms with Crippen molar-refractivity contribution in [3.63, 3.8) is 0 Å². The number of nitrogens with two attached hydrogens (primary N) is 1. The quantitative estimate of drug-likeness (QED) is 0.584. The summed E-state index contributed by atoms with van der Waals surface area (Å²) in [6.07, 6.45) is 1.40. The number of benzene rings is 1. The molecule has 19 heavy (non-hydrogen) atoms. The first-order chi connectivity index (χ1) is 9.10. The zero-order chi connectivity index (χ0) is 13.8. The van der Waals surface area contributed by atoms with Gasteiger partial charge in [0.05, 0.1) is 0 Å². The Morgan fingerprint density at radius 2 is 1.95 bits per heavy atom. The second-order valence-electron chi connectivity index (χ2n) is 3.66. The minimum Gasteiger partial charge on any atom is -0.322 e. The van der Waals surface area contributed by atoms with Crippen LogP contribution in [0.15, 0.2) is 36.5 Å². The number of aromatic nitrogens is 1. The molecule has 1 amide bonds. The summed E-state index contributed by atoms with van der Waals surface area (Å²) in [4.78, 5) is 15.7. The molecule has 0 aliphatic heterocycles. The molecule has 5 nitrogen and oxygen atoms in total. The molecule has 0 spiro atoms. The highest BCUT2D eigenvalue weighted by molar-refractivity contribution is 6.04. The molecule has 98 valence electrons. The van der Waals surface area contributed by atoms with Crippen LogP contribution in [0, 0.1) is 11.6 Å². The first-order valence-electron chi connectivity index (χ1n) is 5.29. The van der Waals surface area contributed by atoms with Crippen molar-refractivity contribution in [3.05, 3.63) is 53.7 Å². The third-order valence-electron chi connectivity index (χ3n) is 2.35. The number of pyridine rings is 1. The fourth-order valence-corrected chi connectivity index (χ4v) is 1.43. The average molecular weight is 264 g/mol. The van der Waals surface area contributed by atoms with E-state index >= 15 is 0 Å². The van der Waals surface area contributed by atoms with E-state index in [1.165, 1.54) is 24.4 Å². The van der Waals surface area contributed by atoms with Gasteiger partial charge in [0.15, 0.2) is 11.6 Å². The summed E-state index contributed by atoms with van der Waals surface area (Å²) in [5, 5.41) is 2.44. The van der Waals surface area contributed by atoms with E-state index in [0.717, 1.165) is 12.1 Å².